The van der Waals surface area contributed by atoms with Crippen molar-refractivity contribution in [2.45, 2.75) is 38.2 Å². The molecule has 1 aromatic rings. The van der Waals surface area contributed by atoms with Gasteiger partial charge in [0.2, 0.25) is 0 Å². The van der Waals surface area contributed by atoms with Gasteiger partial charge in [0.05, 0.1) is 6.61 Å². The molecule has 0 saturated heterocycles. The number of aliphatic hydroxyl groups is 1. The van der Waals surface area contributed by atoms with Gasteiger partial charge >= 0.3 is 11.9 Å². The van der Waals surface area contributed by atoms with Crippen LogP contribution < -0.4 is 0 Å². The molecule has 0 spiro atoms. The van der Waals surface area contributed by atoms with Gasteiger partial charge < -0.3 is 9.84 Å². The number of carbonyl (C=O) groups excluding carboxylic acids is 1. The topological polar surface area (TPSA) is 46.5 Å². The molecule has 3 nitrogen and oxygen atoms in total. The molecule has 0 heterocycles. The van der Waals surface area contributed by atoms with E-state index < -0.39 is 17.5 Å². The predicted molar refractivity (Wildman–Crippen MR) is 67.0 cm³/mol. The van der Waals surface area contributed by atoms with Crippen molar-refractivity contribution in [3.8, 4) is 0 Å². The minimum absolute atomic E-state index is 0.153. The summed E-state index contributed by atoms with van der Waals surface area (Å²) in [6, 6.07) is 8.38. The Bertz CT molecular complexity index is 420. The summed E-state index contributed by atoms with van der Waals surface area (Å²) in [6.45, 7) is 2.70. The van der Waals surface area contributed by atoms with Crippen LogP contribution >= 0.6 is 0 Å². The first-order chi connectivity index (χ1) is 8.87. The van der Waals surface area contributed by atoms with Crippen LogP contribution in [-0.4, -0.2) is 29.2 Å². The fourth-order valence-corrected chi connectivity index (χ4v) is 1.80. The summed E-state index contributed by atoms with van der Waals surface area (Å²) >= 11 is 0. The summed E-state index contributed by atoms with van der Waals surface area (Å²) < 4.78 is 32.4. The van der Waals surface area contributed by atoms with E-state index in [1.165, 1.54) is 13.8 Å². The molecule has 0 bridgehead atoms. The first-order valence-electron chi connectivity index (χ1n) is 6.18. The number of carbonyl (C=O) groups is 1. The van der Waals surface area contributed by atoms with Gasteiger partial charge in [0, 0.05) is 6.42 Å². The molecule has 1 atom stereocenters. The lowest BCUT2D eigenvalue weighted by Gasteiger charge is -2.33. The highest BCUT2D eigenvalue weighted by molar-refractivity contribution is 5.79. The number of benzene rings is 1. The van der Waals surface area contributed by atoms with Crippen molar-refractivity contribution >= 4 is 5.97 Å². The summed E-state index contributed by atoms with van der Waals surface area (Å²) in [7, 11) is 0. The number of esters is 1. The van der Waals surface area contributed by atoms with Gasteiger partial charge in [-0.05, 0) is 18.9 Å². The van der Waals surface area contributed by atoms with E-state index in [4.69, 9.17) is 0 Å². The predicted octanol–water partition coefficient (Wildman–Crippen LogP) is 2.57. The number of ether oxygens (including phenoxy) is 1. The fraction of sp³-hybridized carbons (Fsp3) is 0.500. The molecule has 0 amide bonds. The van der Waals surface area contributed by atoms with Gasteiger partial charge in [-0.15, -0.1) is 0 Å². The standard InChI is InChI=1S/C14H18F2O3/c1-3-13(18,10-11-8-6-5-7-9-11)14(15,16)12(17)19-4-2/h5-9,18H,3-4,10H2,1-2H3. The average molecular weight is 272 g/mol. The number of alkyl halides is 2. The molecule has 1 aromatic carbocycles. The molecular weight excluding hydrogens is 254 g/mol. The van der Waals surface area contributed by atoms with Gasteiger partial charge in [-0.2, -0.15) is 8.78 Å². The normalized spacial score (nSPS) is 14.8. The second kappa shape index (κ2) is 6.10. The highest BCUT2D eigenvalue weighted by atomic mass is 19.3. The van der Waals surface area contributed by atoms with Crippen LogP contribution in [0.5, 0.6) is 0 Å². The number of halogens is 2. The lowest BCUT2D eigenvalue weighted by molar-refractivity contribution is -0.214. The van der Waals surface area contributed by atoms with Crippen molar-refractivity contribution in [1.29, 1.82) is 0 Å². The summed E-state index contributed by atoms with van der Waals surface area (Å²) in [6.07, 6.45) is -0.566. The Morgan fingerprint density at radius 1 is 1.26 bits per heavy atom. The van der Waals surface area contributed by atoms with Gasteiger partial charge in [-0.3, -0.25) is 0 Å². The highest BCUT2D eigenvalue weighted by Crippen LogP contribution is 2.35. The van der Waals surface area contributed by atoms with Crippen molar-refractivity contribution in [1.82, 2.24) is 0 Å². The molecule has 1 rings (SSSR count). The Balaban J connectivity index is 2.99. The van der Waals surface area contributed by atoms with E-state index in [0.717, 1.165) is 0 Å². The zero-order valence-electron chi connectivity index (χ0n) is 11.0. The lowest BCUT2D eigenvalue weighted by atomic mass is 9.85. The minimum Gasteiger partial charge on any atom is -0.461 e. The second-order valence-corrected chi connectivity index (χ2v) is 4.34. The SMILES string of the molecule is CCOC(=O)C(F)(F)C(O)(CC)Cc1ccccc1. The number of hydrogen-bond donors (Lipinski definition) is 1. The Morgan fingerprint density at radius 2 is 1.84 bits per heavy atom. The fourth-order valence-electron chi connectivity index (χ4n) is 1.80. The van der Waals surface area contributed by atoms with Gasteiger partial charge in [0.25, 0.3) is 0 Å². The smallest absolute Gasteiger partial charge is 0.380 e. The van der Waals surface area contributed by atoms with E-state index in [0.29, 0.717) is 5.56 Å². The molecule has 0 fully saturated rings. The Hall–Kier alpha value is -1.49. The van der Waals surface area contributed by atoms with Crippen LogP contribution in [0.2, 0.25) is 0 Å². The van der Waals surface area contributed by atoms with E-state index in [1.54, 1.807) is 30.3 Å². The maximum Gasteiger partial charge on any atom is 0.380 e. The largest absolute Gasteiger partial charge is 0.461 e. The number of rotatable bonds is 6. The van der Waals surface area contributed by atoms with Crippen molar-refractivity contribution in [2.24, 2.45) is 0 Å². The Morgan fingerprint density at radius 3 is 2.32 bits per heavy atom. The Labute approximate surface area is 111 Å². The summed E-state index contributed by atoms with van der Waals surface area (Å²) in [4.78, 5) is 11.3. The molecule has 1 N–H and O–H groups in total. The average Bonchev–Trinajstić information content (AvgIpc) is 2.39. The summed E-state index contributed by atoms with van der Waals surface area (Å²) in [5.74, 6) is -5.62. The van der Waals surface area contributed by atoms with Crippen LogP contribution in [0, 0.1) is 0 Å². The monoisotopic (exact) mass is 272 g/mol. The van der Waals surface area contributed by atoms with Crippen molar-refractivity contribution < 1.29 is 23.4 Å². The molecule has 0 aliphatic carbocycles. The van der Waals surface area contributed by atoms with Gasteiger partial charge in [-0.1, -0.05) is 37.3 Å². The minimum atomic E-state index is -3.94. The van der Waals surface area contributed by atoms with Crippen molar-refractivity contribution in [3.63, 3.8) is 0 Å². The molecule has 0 aromatic heterocycles. The third-order valence-electron chi connectivity index (χ3n) is 3.04. The van der Waals surface area contributed by atoms with Crippen LogP contribution in [0.4, 0.5) is 8.78 Å². The quantitative estimate of drug-likeness (QED) is 0.810. The highest BCUT2D eigenvalue weighted by Gasteiger charge is 2.58. The molecule has 1 unspecified atom stereocenters. The molecule has 5 heteroatoms. The number of hydrogen-bond acceptors (Lipinski definition) is 3. The van der Waals surface area contributed by atoms with Crippen molar-refractivity contribution in [3.05, 3.63) is 35.9 Å². The molecule has 0 aliphatic heterocycles. The van der Waals surface area contributed by atoms with E-state index in [-0.39, 0.29) is 19.4 Å². The first-order valence-corrected chi connectivity index (χ1v) is 6.18. The van der Waals surface area contributed by atoms with Gasteiger partial charge in [0.15, 0.2) is 0 Å². The molecule has 19 heavy (non-hydrogen) atoms. The zero-order chi connectivity index (χ0) is 14.5. The van der Waals surface area contributed by atoms with Crippen LogP contribution in [0.3, 0.4) is 0 Å². The first kappa shape index (κ1) is 15.6. The molecule has 0 radical (unpaired) electrons. The lowest BCUT2D eigenvalue weighted by Crippen LogP contribution is -2.55. The molecule has 0 saturated carbocycles. The maximum absolute atomic E-state index is 14.0. The van der Waals surface area contributed by atoms with Crippen LogP contribution in [0.25, 0.3) is 0 Å². The van der Waals surface area contributed by atoms with E-state index in [2.05, 4.69) is 4.74 Å². The van der Waals surface area contributed by atoms with E-state index in [9.17, 15) is 18.7 Å². The van der Waals surface area contributed by atoms with Crippen LogP contribution in [-0.2, 0) is 16.0 Å². The second-order valence-electron chi connectivity index (χ2n) is 4.34. The van der Waals surface area contributed by atoms with E-state index in [1.807, 2.05) is 0 Å². The van der Waals surface area contributed by atoms with Gasteiger partial charge in [0.1, 0.15) is 5.60 Å². The third kappa shape index (κ3) is 3.29. The van der Waals surface area contributed by atoms with Gasteiger partial charge in [-0.25, -0.2) is 4.79 Å². The molecular formula is C14H18F2O3. The van der Waals surface area contributed by atoms with Crippen LogP contribution in [0.1, 0.15) is 25.8 Å². The zero-order valence-corrected chi connectivity index (χ0v) is 11.0. The van der Waals surface area contributed by atoms with Crippen LogP contribution in [0.15, 0.2) is 30.3 Å². The summed E-state index contributed by atoms with van der Waals surface area (Å²) in [5.41, 5.74) is -1.91. The maximum atomic E-state index is 14.0. The third-order valence-corrected chi connectivity index (χ3v) is 3.04. The van der Waals surface area contributed by atoms with Crippen molar-refractivity contribution in [2.75, 3.05) is 6.61 Å². The summed E-state index contributed by atoms with van der Waals surface area (Å²) in [5, 5.41) is 10.1. The molecule has 106 valence electrons. The Kier molecular flexibility index (Phi) is 5.00. The molecule has 0 aliphatic rings. The van der Waals surface area contributed by atoms with E-state index >= 15 is 0 Å².